The highest BCUT2D eigenvalue weighted by molar-refractivity contribution is 5.95. The van der Waals surface area contributed by atoms with E-state index in [1.54, 1.807) is 33.2 Å². The van der Waals surface area contributed by atoms with Crippen molar-refractivity contribution in [2.45, 2.75) is 45.6 Å². The summed E-state index contributed by atoms with van der Waals surface area (Å²) >= 11 is 0. The minimum absolute atomic E-state index is 0.209. The van der Waals surface area contributed by atoms with Crippen LogP contribution < -0.4 is 11.1 Å². The van der Waals surface area contributed by atoms with E-state index in [2.05, 4.69) is 36.7 Å². The van der Waals surface area contributed by atoms with Crippen molar-refractivity contribution in [3.8, 4) is 23.1 Å². The Hall–Kier alpha value is -2.99. The fourth-order valence-corrected chi connectivity index (χ4v) is 2.95. The summed E-state index contributed by atoms with van der Waals surface area (Å²) in [7, 11) is 0. The molecule has 3 aromatic heterocycles. The Morgan fingerprint density at radius 2 is 2.14 bits per heavy atom. The van der Waals surface area contributed by atoms with Gasteiger partial charge in [-0.05, 0) is 51.8 Å². The number of hydrogen-bond acceptors (Lipinski definition) is 7. The monoisotopic (exact) mass is 394 g/mol. The van der Waals surface area contributed by atoms with E-state index >= 15 is 0 Å². The third kappa shape index (κ3) is 5.51. The standard InChI is InChI=1S/C21H26N6O2/c1-14(28)23-8-4-10-27-13-17(18-6-9-24-20(22)26-18)16-11-15(25-12-19(16)27)5-7-21(2,3)29/h6,9,11-14,23,28-29H,4,8,10H2,1-3H3,(H2,22,24,26). The average molecular weight is 394 g/mol. The molecule has 8 nitrogen and oxygen atoms in total. The van der Waals surface area contributed by atoms with Crippen LogP contribution in [-0.4, -0.2) is 48.1 Å². The number of nitrogens with two attached hydrogens (primary N) is 1. The average Bonchev–Trinajstić information content (AvgIpc) is 3.01. The molecule has 0 radical (unpaired) electrons. The first-order chi connectivity index (χ1) is 13.7. The van der Waals surface area contributed by atoms with Crippen molar-refractivity contribution >= 4 is 16.9 Å². The first-order valence-electron chi connectivity index (χ1n) is 9.48. The number of aliphatic hydroxyl groups is 2. The molecule has 1 unspecified atom stereocenters. The maximum atomic E-state index is 9.86. The highest BCUT2D eigenvalue weighted by Crippen LogP contribution is 2.30. The molecule has 3 rings (SSSR count). The Labute approximate surface area is 169 Å². The van der Waals surface area contributed by atoms with Crippen LogP contribution in [0.5, 0.6) is 0 Å². The number of fused-ring (bicyclic) bond motifs is 1. The molecule has 0 aliphatic rings. The smallest absolute Gasteiger partial charge is 0.220 e. The SMILES string of the molecule is CC(O)NCCCn1cc(-c2ccnc(N)n2)c2cc(C#CC(C)(C)O)ncc21. The molecule has 0 saturated carbocycles. The number of nitrogen functional groups attached to an aromatic ring is 1. The lowest BCUT2D eigenvalue weighted by molar-refractivity contribution is 0.143. The molecule has 0 bridgehead atoms. The lowest BCUT2D eigenvalue weighted by Crippen LogP contribution is -2.26. The third-order valence-corrected chi connectivity index (χ3v) is 4.23. The van der Waals surface area contributed by atoms with Gasteiger partial charge >= 0.3 is 0 Å². The van der Waals surface area contributed by atoms with Gasteiger partial charge in [-0.1, -0.05) is 5.92 Å². The van der Waals surface area contributed by atoms with Gasteiger partial charge in [0.1, 0.15) is 17.5 Å². The van der Waals surface area contributed by atoms with Gasteiger partial charge < -0.3 is 20.5 Å². The van der Waals surface area contributed by atoms with E-state index < -0.39 is 11.8 Å². The summed E-state index contributed by atoms with van der Waals surface area (Å²) in [5, 5.41) is 23.2. The fraction of sp³-hybridized carbons (Fsp3) is 0.381. The van der Waals surface area contributed by atoms with Crippen LogP contribution in [0, 0.1) is 11.8 Å². The van der Waals surface area contributed by atoms with Crippen molar-refractivity contribution < 1.29 is 10.2 Å². The molecule has 0 spiro atoms. The second kappa shape index (κ2) is 8.57. The number of aliphatic hydroxyl groups excluding tert-OH is 1. The van der Waals surface area contributed by atoms with Crippen molar-refractivity contribution in [3.05, 3.63) is 36.4 Å². The fourth-order valence-electron chi connectivity index (χ4n) is 2.95. The van der Waals surface area contributed by atoms with Gasteiger partial charge in [0.25, 0.3) is 0 Å². The predicted molar refractivity (Wildman–Crippen MR) is 113 cm³/mol. The van der Waals surface area contributed by atoms with Crippen molar-refractivity contribution in [1.82, 2.24) is 24.8 Å². The molecule has 0 fully saturated rings. The molecule has 0 aliphatic carbocycles. The first-order valence-corrected chi connectivity index (χ1v) is 9.48. The van der Waals surface area contributed by atoms with Crippen LogP contribution in [-0.2, 0) is 6.54 Å². The second-order valence-corrected chi connectivity index (χ2v) is 7.42. The van der Waals surface area contributed by atoms with E-state index in [0.29, 0.717) is 12.2 Å². The van der Waals surface area contributed by atoms with Crippen molar-refractivity contribution in [3.63, 3.8) is 0 Å². The van der Waals surface area contributed by atoms with Crippen LogP contribution in [0.1, 0.15) is 32.9 Å². The summed E-state index contributed by atoms with van der Waals surface area (Å²) < 4.78 is 2.10. The second-order valence-electron chi connectivity index (χ2n) is 7.42. The van der Waals surface area contributed by atoms with E-state index in [-0.39, 0.29) is 5.95 Å². The quantitative estimate of drug-likeness (QED) is 0.284. The molecule has 0 aliphatic heterocycles. The number of aryl methyl sites for hydroxylation is 1. The topological polar surface area (TPSA) is 122 Å². The van der Waals surface area contributed by atoms with E-state index in [9.17, 15) is 10.2 Å². The Kier molecular flexibility index (Phi) is 6.13. The van der Waals surface area contributed by atoms with Gasteiger partial charge in [0.05, 0.1) is 17.4 Å². The van der Waals surface area contributed by atoms with Gasteiger partial charge in [-0.15, -0.1) is 0 Å². The van der Waals surface area contributed by atoms with Crippen LogP contribution in [0.25, 0.3) is 22.2 Å². The van der Waals surface area contributed by atoms with Crippen molar-refractivity contribution in [2.24, 2.45) is 0 Å². The number of nitrogens with one attached hydrogen (secondary N) is 1. The molecule has 0 saturated heterocycles. The Balaban J connectivity index is 2.02. The highest BCUT2D eigenvalue weighted by atomic mass is 16.3. The van der Waals surface area contributed by atoms with E-state index in [1.165, 1.54) is 0 Å². The molecule has 3 heterocycles. The molecule has 5 N–H and O–H groups in total. The van der Waals surface area contributed by atoms with Crippen LogP contribution in [0.4, 0.5) is 5.95 Å². The molecule has 0 aromatic carbocycles. The predicted octanol–water partition coefficient (Wildman–Crippen LogP) is 1.52. The summed E-state index contributed by atoms with van der Waals surface area (Å²) in [6, 6.07) is 3.71. The molecular formula is C21H26N6O2. The third-order valence-electron chi connectivity index (χ3n) is 4.23. The maximum Gasteiger partial charge on any atom is 0.220 e. The van der Waals surface area contributed by atoms with Gasteiger partial charge in [0.15, 0.2) is 0 Å². The number of pyridine rings is 1. The lowest BCUT2D eigenvalue weighted by atomic mass is 10.1. The Morgan fingerprint density at radius 1 is 1.34 bits per heavy atom. The highest BCUT2D eigenvalue weighted by Gasteiger charge is 2.14. The molecule has 1 atom stereocenters. The van der Waals surface area contributed by atoms with E-state index in [0.717, 1.165) is 35.1 Å². The van der Waals surface area contributed by atoms with Crippen LogP contribution >= 0.6 is 0 Å². The minimum Gasteiger partial charge on any atom is -0.379 e. The van der Waals surface area contributed by atoms with E-state index in [1.807, 2.05) is 18.3 Å². The number of nitrogens with zero attached hydrogens (tertiary/aromatic N) is 4. The summed E-state index contributed by atoms with van der Waals surface area (Å²) in [6.07, 6.45) is 5.72. The van der Waals surface area contributed by atoms with Gasteiger partial charge in [0, 0.05) is 29.9 Å². The molecule has 29 heavy (non-hydrogen) atoms. The van der Waals surface area contributed by atoms with Crippen molar-refractivity contribution in [2.75, 3.05) is 12.3 Å². The van der Waals surface area contributed by atoms with Crippen LogP contribution in [0.2, 0.25) is 0 Å². The molecule has 0 amide bonds. The summed E-state index contributed by atoms with van der Waals surface area (Å²) in [6.45, 7) is 6.39. The molecule has 3 aromatic rings. The zero-order valence-corrected chi connectivity index (χ0v) is 16.8. The lowest BCUT2D eigenvalue weighted by Gasteiger charge is -2.08. The zero-order valence-electron chi connectivity index (χ0n) is 16.8. The normalized spacial score (nSPS) is 12.6. The molecule has 8 heteroatoms. The van der Waals surface area contributed by atoms with Crippen LogP contribution in [0.15, 0.2) is 30.7 Å². The van der Waals surface area contributed by atoms with Crippen molar-refractivity contribution in [1.29, 1.82) is 0 Å². The molecule has 152 valence electrons. The van der Waals surface area contributed by atoms with Gasteiger partial charge in [0.2, 0.25) is 5.95 Å². The Bertz CT molecular complexity index is 1060. The van der Waals surface area contributed by atoms with Crippen LogP contribution in [0.3, 0.4) is 0 Å². The van der Waals surface area contributed by atoms with Gasteiger partial charge in [-0.3, -0.25) is 5.32 Å². The zero-order chi connectivity index (χ0) is 21.0. The number of aromatic nitrogens is 4. The number of hydrogen-bond donors (Lipinski definition) is 4. The number of anilines is 1. The maximum absolute atomic E-state index is 9.86. The summed E-state index contributed by atoms with van der Waals surface area (Å²) in [4.78, 5) is 12.8. The number of rotatable bonds is 6. The molecular weight excluding hydrogens is 368 g/mol. The summed E-state index contributed by atoms with van der Waals surface area (Å²) in [5.74, 6) is 5.92. The Morgan fingerprint density at radius 3 is 2.83 bits per heavy atom. The minimum atomic E-state index is -1.09. The largest absolute Gasteiger partial charge is 0.379 e. The summed E-state index contributed by atoms with van der Waals surface area (Å²) in [5.41, 5.74) is 7.82. The first kappa shape index (κ1) is 20.7. The van der Waals surface area contributed by atoms with Gasteiger partial charge in [-0.2, -0.15) is 0 Å². The van der Waals surface area contributed by atoms with Gasteiger partial charge in [-0.25, -0.2) is 15.0 Å². The van der Waals surface area contributed by atoms with E-state index in [4.69, 9.17) is 5.73 Å².